The molecule has 0 bridgehead atoms. The number of rotatable bonds is 2. The van der Waals surface area contributed by atoms with Crippen molar-refractivity contribution < 1.29 is 13.2 Å². The minimum atomic E-state index is -4.29. The molecule has 14 heavy (non-hydrogen) atoms. The van der Waals surface area contributed by atoms with Crippen LogP contribution >= 0.6 is 12.6 Å². The van der Waals surface area contributed by atoms with E-state index in [1.807, 2.05) is 0 Å². The van der Waals surface area contributed by atoms with Crippen LogP contribution in [0.1, 0.15) is 17.2 Å². The summed E-state index contributed by atoms with van der Waals surface area (Å²) in [5.41, 5.74) is 5.60. The summed E-state index contributed by atoms with van der Waals surface area (Å²) >= 11 is 3.96. The topological polar surface area (TPSA) is 26.0 Å². The monoisotopic (exact) mass is 221 g/mol. The van der Waals surface area contributed by atoms with Crippen molar-refractivity contribution in [3.63, 3.8) is 0 Å². The molecule has 0 radical (unpaired) electrons. The van der Waals surface area contributed by atoms with Gasteiger partial charge in [0.2, 0.25) is 0 Å². The van der Waals surface area contributed by atoms with E-state index in [9.17, 15) is 13.2 Å². The molecule has 0 heterocycles. The molecule has 0 spiro atoms. The lowest BCUT2D eigenvalue weighted by molar-refractivity contribution is -0.137. The first-order valence-electron chi connectivity index (χ1n) is 3.98. The molecule has 1 aromatic carbocycles. The summed E-state index contributed by atoms with van der Waals surface area (Å²) in [6, 6.07) is 4.49. The van der Waals surface area contributed by atoms with Crippen LogP contribution in [0.25, 0.3) is 0 Å². The van der Waals surface area contributed by atoms with Gasteiger partial charge < -0.3 is 5.73 Å². The molecule has 0 aliphatic rings. The fraction of sp³-hybridized carbons (Fsp3) is 0.333. The average molecular weight is 221 g/mol. The number of hydrogen-bond acceptors (Lipinski definition) is 2. The van der Waals surface area contributed by atoms with Gasteiger partial charge in [-0.05, 0) is 17.7 Å². The fourth-order valence-corrected chi connectivity index (χ4v) is 1.24. The maximum Gasteiger partial charge on any atom is 0.416 e. The lowest BCUT2D eigenvalue weighted by Gasteiger charge is -2.10. The van der Waals surface area contributed by atoms with Crippen molar-refractivity contribution in [3.05, 3.63) is 35.4 Å². The third-order valence-corrected chi connectivity index (χ3v) is 2.26. The highest BCUT2D eigenvalue weighted by atomic mass is 32.1. The van der Waals surface area contributed by atoms with E-state index >= 15 is 0 Å². The lowest BCUT2D eigenvalue weighted by atomic mass is 10.1. The van der Waals surface area contributed by atoms with Crippen LogP contribution in [0.2, 0.25) is 0 Å². The Bertz CT molecular complexity index is 294. The zero-order valence-corrected chi connectivity index (χ0v) is 8.15. The molecule has 1 aromatic rings. The van der Waals surface area contributed by atoms with Gasteiger partial charge in [-0.1, -0.05) is 12.1 Å². The number of halogens is 3. The largest absolute Gasteiger partial charge is 0.416 e. The summed E-state index contributed by atoms with van der Waals surface area (Å²) in [5.74, 6) is 0.408. The molecule has 0 fully saturated rings. The summed E-state index contributed by atoms with van der Waals surface area (Å²) in [6.07, 6.45) is -4.29. The first-order valence-corrected chi connectivity index (χ1v) is 4.62. The maximum absolute atomic E-state index is 12.2. The highest BCUT2D eigenvalue weighted by Crippen LogP contribution is 2.29. The molecular weight excluding hydrogens is 211 g/mol. The molecule has 1 rings (SSSR count). The number of nitrogens with two attached hydrogens (primary N) is 1. The van der Waals surface area contributed by atoms with Crippen LogP contribution < -0.4 is 5.73 Å². The number of benzene rings is 1. The quantitative estimate of drug-likeness (QED) is 0.738. The van der Waals surface area contributed by atoms with Gasteiger partial charge in [-0.25, -0.2) is 0 Å². The second kappa shape index (κ2) is 4.23. The highest BCUT2D eigenvalue weighted by Gasteiger charge is 2.30. The molecule has 1 atom stereocenters. The van der Waals surface area contributed by atoms with Crippen molar-refractivity contribution in [1.82, 2.24) is 0 Å². The van der Waals surface area contributed by atoms with Crippen LogP contribution in [0.4, 0.5) is 13.2 Å². The van der Waals surface area contributed by atoms with Crippen molar-refractivity contribution in [3.8, 4) is 0 Å². The Morgan fingerprint density at radius 2 is 1.71 bits per heavy atom. The van der Waals surface area contributed by atoms with E-state index in [4.69, 9.17) is 5.73 Å². The van der Waals surface area contributed by atoms with Crippen molar-refractivity contribution in [2.24, 2.45) is 5.73 Å². The second-order valence-electron chi connectivity index (χ2n) is 2.91. The number of alkyl halides is 3. The molecule has 0 aromatic heterocycles. The van der Waals surface area contributed by atoms with E-state index in [-0.39, 0.29) is 6.04 Å². The Kier molecular flexibility index (Phi) is 3.44. The molecule has 2 N–H and O–H groups in total. The van der Waals surface area contributed by atoms with E-state index in [1.165, 1.54) is 12.1 Å². The Morgan fingerprint density at radius 1 is 1.21 bits per heavy atom. The second-order valence-corrected chi connectivity index (χ2v) is 3.27. The van der Waals surface area contributed by atoms with Gasteiger partial charge in [0.15, 0.2) is 0 Å². The summed E-state index contributed by atoms with van der Waals surface area (Å²) < 4.78 is 36.5. The van der Waals surface area contributed by atoms with Crippen LogP contribution in [0, 0.1) is 0 Å². The van der Waals surface area contributed by atoms with Crippen LogP contribution in [0.5, 0.6) is 0 Å². The molecule has 0 aliphatic heterocycles. The lowest BCUT2D eigenvalue weighted by Crippen LogP contribution is -2.12. The Balaban J connectivity index is 2.89. The first-order chi connectivity index (χ1) is 6.45. The van der Waals surface area contributed by atoms with E-state index < -0.39 is 11.7 Å². The highest BCUT2D eigenvalue weighted by molar-refractivity contribution is 7.80. The van der Waals surface area contributed by atoms with Gasteiger partial charge in [-0.15, -0.1) is 0 Å². The van der Waals surface area contributed by atoms with Gasteiger partial charge >= 0.3 is 6.18 Å². The predicted octanol–water partition coefficient (Wildman–Crippen LogP) is 2.64. The molecule has 5 heteroatoms. The minimum absolute atomic E-state index is 0.319. The van der Waals surface area contributed by atoms with Gasteiger partial charge in [0.05, 0.1) is 5.56 Å². The summed E-state index contributed by atoms with van der Waals surface area (Å²) in [6.45, 7) is 0. The Hall–Kier alpha value is -0.680. The Labute approximate surface area is 85.5 Å². The van der Waals surface area contributed by atoms with E-state index in [1.54, 1.807) is 0 Å². The first kappa shape index (κ1) is 11.4. The summed E-state index contributed by atoms with van der Waals surface area (Å²) in [4.78, 5) is 0. The maximum atomic E-state index is 12.2. The van der Waals surface area contributed by atoms with E-state index in [0.717, 1.165) is 12.1 Å². The molecule has 78 valence electrons. The molecule has 1 unspecified atom stereocenters. The van der Waals surface area contributed by atoms with E-state index in [2.05, 4.69) is 12.6 Å². The molecule has 0 aliphatic carbocycles. The summed E-state index contributed by atoms with van der Waals surface area (Å²) in [5, 5.41) is 0. The van der Waals surface area contributed by atoms with Crippen molar-refractivity contribution in [1.29, 1.82) is 0 Å². The fourth-order valence-electron chi connectivity index (χ4n) is 1.02. The van der Waals surface area contributed by atoms with Crippen molar-refractivity contribution in [2.75, 3.05) is 5.75 Å². The summed E-state index contributed by atoms with van der Waals surface area (Å²) in [7, 11) is 0. The van der Waals surface area contributed by atoms with Crippen LogP contribution in [-0.2, 0) is 6.18 Å². The van der Waals surface area contributed by atoms with Crippen molar-refractivity contribution >= 4 is 12.6 Å². The molecule has 1 nitrogen and oxygen atoms in total. The van der Waals surface area contributed by atoms with Gasteiger partial charge in [0.1, 0.15) is 0 Å². The molecule has 0 saturated heterocycles. The minimum Gasteiger partial charge on any atom is -0.323 e. The predicted molar refractivity (Wildman–Crippen MR) is 52.2 cm³/mol. The van der Waals surface area contributed by atoms with Gasteiger partial charge in [-0.3, -0.25) is 0 Å². The van der Waals surface area contributed by atoms with Crippen LogP contribution in [0.3, 0.4) is 0 Å². The molecule has 0 saturated carbocycles. The zero-order chi connectivity index (χ0) is 10.8. The molecule has 0 amide bonds. The van der Waals surface area contributed by atoms with Gasteiger partial charge in [0.25, 0.3) is 0 Å². The SMILES string of the molecule is NC(CS)c1ccc(C(F)(F)F)cc1. The van der Waals surface area contributed by atoms with Crippen molar-refractivity contribution in [2.45, 2.75) is 12.2 Å². The van der Waals surface area contributed by atoms with Gasteiger partial charge in [0, 0.05) is 11.8 Å². The van der Waals surface area contributed by atoms with E-state index in [0.29, 0.717) is 11.3 Å². The smallest absolute Gasteiger partial charge is 0.323 e. The number of thiol groups is 1. The van der Waals surface area contributed by atoms with Crippen LogP contribution in [-0.4, -0.2) is 5.75 Å². The average Bonchev–Trinajstić information content (AvgIpc) is 2.15. The normalized spacial score (nSPS) is 14.1. The van der Waals surface area contributed by atoms with Gasteiger partial charge in [-0.2, -0.15) is 25.8 Å². The third-order valence-electron chi connectivity index (χ3n) is 1.86. The number of hydrogen-bond donors (Lipinski definition) is 2. The Morgan fingerprint density at radius 3 is 2.07 bits per heavy atom. The standard InChI is InChI=1S/C9H10F3NS/c10-9(11,12)7-3-1-6(2-4-7)8(13)5-14/h1-4,8,14H,5,13H2. The molecular formula is C9H10F3NS. The zero-order valence-electron chi connectivity index (χ0n) is 7.25. The van der Waals surface area contributed by atoms with Crippen LogP contribution in [0.15, 0.2) is 24.3 Å². The third kappa shape index (κ3) is 2.65.